The Hall–Kier alpha value is -0.990. The van der Waals surface area contributed by atoms with Crippen LogP contribution >= 0.6 is 0 Å². The summed E-state index contributed by atoms with van der Waals surface area (Å²) in [5.41, 5.74) is 0.140. The van der Waals surface area contributed by atoms with Gasteiger partial charge in [0.15, 0.2) is 0 Å². The van der Waals surface area contributed by atoms with Crippen molar-refractivity contribution in [2.24, 2.45) is 5.10 Å². The quantitative estimate of drug-likeness (QED) is 0.523. The van der Waals surface area contributed by atoms with E-state index in [-0.39, 0.29) is 5.54 Å². The summed E-state index contributed by atoms with van der Waals surface area (Å²) >= 11 is 0. The van der Waals surface area contributed by atoms with E-state index in [1.165, 1.54) is 0 Å². The van der Waals surface area contributed by atoms with Crippen LogP contribution in [-0.2, 0) is 0 Å². The van der Waals surface area contributed by atoms with Crippen molar-refractivity contribution in [3.8, 4) is 0 Å². The summed E-state index contributed by atoms with van der Waals surface area (Å²) in [5, 5.41) is 9.10. The number of nitrogens with zero attached hydrogens (tertiary/aromatic N) is 2. The van der Waals surface area contributed by atoms with E-state index in [4.69, 9.17) is 0 Å². The fourth-order valence-electron chi connectivity index (χ4n) is 1.15. The van der Waals surface area contributed by atoms with Gasteiger partial charge in [0.2, 0.25) is 0 Å². The molecular formula is C11H23N3. The average Bonchev–Trinajstić information content (AvgIpc) is 2.24. The van der Waals surface area contributed by atoms with Crippen LogP contribution in [0.5, 0.6) is 0 Å². The summed E-state index contributed by atoms with van der Waals surface area (Å²) in [6.45, 7) is 12.1. The lowest BCUT2D eigenvalue weighted by molar-refractivity contribution is 0.299. The number of hydrogen-bond donors (Lipinski definition) is 1. The molecule has 0 aliphatic rings. The minimum atomic E-state index is 0.140. The van der Waals surface area contributed by atoms with Gasteiger partial charge in [-0.15, -0.1) is 0 Å². The van der Waals surface area contributed by atoms with Crippen LogP contribution in [0.2, 0.25) is 0 Å². The van der Waals surface area contributed by atoms with E-state index in [1.54, 1.807) is 5.01 Å². The normalized spacial score (nSPS) is 12.5. The van der Waals surface area contributed by atoms with Crippen LogP contribution < -0.4 is 5.32 Å². The van der Waals surface area contributed by atoms with Gasteiger partial charge in [0.05, 0.1) is 0 Å². The van der Waals surface area contributed by atoms with Crippen molar-refractivity contribution in [2.45, 2.75) is 46.1 Å². The highest BCUT2D eigenvalue weighted by Gasteiger charge is 2.20. The van der Waals surface area contributed by atoms with E-state index >= 15 is 0 Å². The SMILES string of the molecule is C=NN(C)/C(=C\C)NC(C)(CC)CC. The molecule has 0 aromatic carbocycles. The Kier molecular flexibility index (Phi) is 5.28. The van der Waals surface area contributed by atoms with Crippen molar-refractivity contribution in [1.82, 2.24) is 10.3 Å². The zero-order valence-electron chi connectivity index (χ0n) is 10.1. The molecule has 3 nitrogen and oxygen atoms in total. The van der Waals surface area contributed by atoms with Gasteiger partial charge in [0, 0.05) is 19.3 Å². The Morgan fingerprint density at radius 3 is 2.29 bits per heavy atom. The summed E-state index contributed by atoms with van der Waals surface area (Å²) < 4.78 is 0. The molecule has 14 heavy (non-hydrogen) atoms. The van der Waals surface area contributed by atoms with Crippen LogP contribution in [0.4, 0.5) is 0 Å². The van der Waals surface area contributed by atoms with Crippen molar-refractivity contribution in [2.75, 3.05) is 7.05 Å². The van der Waals surface area contributed by atoms with Gasteiger partial charge >= 0.3 is 0 Å². The van der Waals surface area contributed by atoms with Gasteiger partial charge in [0.1, 0.15) is 5.82 Å². The predicted molar refractivity (Wildman–Crippen MR) is 63.2 cm³/mol. The highest BCUT2D eigenvalue weighted by atomic mass is 15.5. The lowest BCUT2D eigenvalue weighted by atomic mass is 9.96. The predicted octanol–water partition coefficient (Wildman–Crippen LogP) is 2.56. The van der Waals surface area contributed by atoms with E-state index in [1.807, 2.05) is 20.0 Å². The number of nitrogens with one attached hydrogen (secondary N) is 1. The molecule has 0 atom stereocenters. The molecule has 3 heteroatoms. The fourth-order valence-corrected chi connectivity index (χ4v) is 1.15. The number of rotatable bonds is 6. The van der Waals surface area contributed by atoms with Crippen LogP contribution in [0, 0.1) is 0 Å². The average molecular weight is 197 g/mol. The topological polar surface area (TPSA) is 27.6 Å². The summed E-state index contributed by atoms with van der Waals surface area (Å²) in [7, 11) is 1.89. The highest BCUT2D eigenvalue weighted by molar-refractivity contribution is 5.23. The summed E-state index contributed by atoms with van der Waals surface area (Å²) in [6.07, 6.45) is 4.19. The largest absolute Gasteiger partial charge is 0.365 e. The lowest BCUT2D eigenvalue weighted by Gasteiger charge is -2.33. The molecule has 0 saturated carbocycles. The maximum Gasteiger partial charge on any atom is 0.118 e. The Bertz CT molecular complexity index is 205. The molecule has 0 aliphatic heterocycles. The third-order valence-electron chi connectivity index (χ3n) is 2.82. The van der Waals surface area contributed by atoms with E-state index in [9.17, 15) is 0 Å². The molecule has 0 rings (SSSR count). The highest BCUT2D eigenvalue weighted by Crippen LogP contribution is 2.16. The van der Waals surface area contributed by atoms with Crippen LogP contribution in [0.15, 0.2) is 17.0 Å². The minimum absolute atomic E-state index is 0.140. The molecule has 0 bridgehead atoms. The smallest absolute Gasteiger partial charge is 0.118 e. The minimum Gasteiger partial charge on any atom is -0.365 e. The molecular weight excluding hydrogens is 174 g/mol. The van der Waals surface area contributed by atoms with Gasteiger partial charge in [-0.2, -0.15) is 5.10 Å². The summed E-state index contributed by atoms with van der Waals surface area (Å²) in [5.74, 6) is 1.01. The van der Waals surface area contributed by atoms with Crippen molar-refractivity contribution < 1.29 is 0 Å². The molecule has 0 saturated heterocycles. The molecule has 0 unspecified atom stereocenters. The van der Waals surface area contributed by atoms with Crippen LogP contribution in [-0.4, -0.2) is 24.3 Å². The number of hydrogen-bond acceptors (Lipinski definition) is 3. The first-order valence-electron chi connectivity index (χ1n) is 5.17. The van der Waals surface area contributed by atoms with Gasteiger partial charge in [0.25, 0.3) is 0 Å². The zero-order chi connectivity index (χ0) is 11.2. The van der Waals surface area contributed by atoms with Crippen molar-refractivity contribution in [1.29, 1.82) is 0 Å². The summed E-state index contributed by atoms with van der Waals surface area (Å²) in [6, 6.07) is 0. The van der Waals surface area contributed by atoms with Gasteiger partial charge < -0.3 is 5.32 Å². The van der Waals surface area contributed by atoms with Gasteiger partial charge in [-0.05, 0) is 32.8 Å². The van der Waals surface area contributed by atoms with Gasteiger partial charge in [-0.3, -0.25) is 5.01 Å². The third kappa shape index (κ3) is 3.40. The molecule has 0 aromatic rings. The van der Waals surface area contributed by atoms with Crippen LogP contribution in [0.25, 0.3) is 0 Å². The van der Waals surface area contributed by atoms with Crippen LogP contribution in [0.1, 0.15) is 40.5 Å². The monoisotopic (exact) mass is 197 g/mol. The second-order valence-electron chi connectivity index (χ2n) is 3.73. The molecule has 0 amide bonds. The first-order chi connectivity index (χ1) is 6.52. The molecule has 0 aromatic heterocycles. The van der Waals surface area contributed by atoms with E-state index in [0.717, 1.165) is 18.7 Å². The van der Waals surface area contributed by atoms with Crippen LogP contribution in [0.3, 0.4) is 0 Å². The first kappa shape index (κ1) is 13.0. The molecule has 1 N–H and O–H groups in total. The second kappa shape index (κ2) is 5.68. The maximum atomic E-state index is 3.86. The molecule has 82 valence electrons. The van der Waals surface area contributed by atoms with Gasteiger partial charge in [-0.25, -0.2) is 0 Å². The van der Waals surface area contributed by atoms with Crippen molar-refractivity contribution in [3.05, 3.63) is 11.9 Å². The second-order valence-corrected chi connectivity index (χ2v) is 3.73. The number of hydrazone groups is 1. The zero-order valence-corrected chi connectivity index (χ0v) is 10.1. The number of allylic oxidation sites excluding steroid dienone is 1. The Morgan fingerprint density at radius 2 is 2.00 bits per heavy atom. The Labute approximate surface area is 87.9 Å². The summed E-state index contributed by atoms with van der Waals surface area (Å²) in [4.78, 5) is 0. The molecule has 0 heterocycles. The Morgan fingerprint density at radius 1 is 1.50 bits per heavy atom. The van der Waals surface area contributed by atoms with E-state index < -0.39 is 0 Å². The van der Waals surface area contributed by atoms with E-state index in [2.05, 4.69) is 37.9 Å². The van der Waals surface area contributed by atoms with E-state index in [0.29, 0.717) is 0 Å². The van der Waals surface area contributed by atoms with Gasteiger partial charge in [-0.1, -0.05) is 13.8 Å². The first-order valence-corrected chi connectivity index (χ1v) is 5.17. The third-order valence-corrected chi connectivity index (χ3v) is 2.82. The maximum absolute atomic E-state index is 3.86. The Balaban J connectivity index is 4.53. The molecule has 0 spiro atoms. The molecule has 0 fully saturated rings. The lowest BCUT2D eigenvalue weighted by Crippen LogP contribution is -2.43. The van der Waals surface area contributed by atoms with Crippen molar-refractivity contribution >= 4 is 6.72 Å². The standard InChI is InChI=1S/C11H23N3/c1-7-10(14(6)12-5)13-11(4,8-2)9-3/h7,13H,5,8-9H2,1-4,6H3/b10-7-. The fraction of sp³-hybridized carbons (Fsp3) is 0.727. The molecule has 0 aliphatic carbocycles. The van der Waals surface area contributed by atoms with Crippen molar-refractivity contribution in [3.63, 3.8) is 0 Å². The molecule has 0 radical (unpaired) electrons.